The minimum absolute atomic E-state index is 0.370. The Balaban J connectivity index is 2.20. The Kier molecular flexibility index (Phi) is 3.73. The average Bonchev–Trinajstić information content (AvgIpc) is 2.85. The quantitative estimate of drug-likeness (QED) is 0.741. The van der Waals surface area contributed by atoms with E-state index in [1.165, 1.54) is 11.8 Å². The van der Waals surface area contributed by atoms with Crippen molar-refractivity contribution in [2.75, 3.05) is 13.7 Å². The van der Waals surface area contributed by atoms with E-state index in [0.29, 0.717) is 12.4 Å². The van der Waals surface area contributed by atoms with Gasteiger partial charge in [-0.15, -0.1) is 0 Å². The van der Waals surface area contributed by atoms with Gasteiger partial charge in [0, 0.05) is 12.7 Å². The Morgan fingerprint density at radius 1 is 1.24 bits per heavy atom. The van der Waals surface area contributed by atoms with Crippen LogP contribution in [0.15, 0.2) is 41.0 Å². The maximum absolute atomic E-state index is 10.8. The highest BCUT2D eigenvalue weighted by Crippen LogP contribution is 2.24. The molecule has 0 fully saturated rings. The van der Waals surface area contributed by atoms with Gasteiger partial charge in [-0.3, -0.25) is 4.79 Å². The number of hydrogen-bond donors (Lipinski definition) is 0. The zero-order valence-corrected chi connectivity index (χ0v) is 9.68. The van der Waals surface area contributed by atoms with Crippen LogP contribution in [0.25, 0.3) is 11.1 Å². The van der Waals surface area contributed by atoms with Gasteiger partial charge >= 0.3 is 0 Å². The molecule has 0 aliphatic heterocycles. The van der Waals surface area contributed by atoms with Gasteiger partial charge in [0.2, 0.25) is 0 Å². The van der Waals surface area contributed by atoms with E-state index >= 15 is 0 Å². The minimum Gasteiger partial charge on any atom is -0.461 e. The number of ether oxygens (including phenoxy) is 1. The Hall–Kier alpha value is -1.87. The third kappa shape index (κ3) is 2.63. The molecule has 2 rings (SSSR count). The zero-order chi connectivity index (χ0) is 12.1. The molecule has 88 valence electrons. The highest BCUT2D eigenvalue weighted by atomic mass is 16.5. The molecule has 0 saturated carbocycles. The van der Waals surface area contributed by atoms with Gasteiger partial charge in [-0.1, -0.05) is 24.3 Å². The van der Waals surface area contributed by atoms with Crippen LogP contribution in [0.1, 0.15) is 16.1 Å². The maximum Gasteiger partial charge on any atom is 0.185 e. The van der Waals surface area contributed by atoms with Crippen molar-refractivity contribution in [3.8, 4) is 11.1 Å². The molecule has 0 aliphatic rings. The number of carbonyl (C=O) groups is 1. The number of rotatable bonds is 5. The molecule has 0 saturated heterocycles. The van der Waals surface area contributed by atoms with Crippen molar-refractivity contribution in [1.29, 1.82) is 0 Å². The first-order valence-electron chi connectivity index (χ1n) is 5.46. The molecule has 0 bridgehead atoms. The van der Waals surface area contributed by atoms with Gasteiger partial charge in [0.15, 0.2) is 12.0 Å². The van der Waals surface area contributed by atoms with E-state index in [1.807, 2.05) is 24.3 Å². The van der Waals surface area contributed by atoms with Crippen molar-refractivity contribution in [2.45, 2.75) is 6.42 Å². The fourth-order valence-electron chi connectivity index (χ4n) is 1.72. The zero-order valence-electron chi connectivity index (χ0n) is 9.68. The SMILES string of the molecule is COCCc1ccc(-c2ccoc2C=O)cc1. The summed E-state index contributed by atoms with van der Waals surface area (Å²) < 4.78 is 10.1. The van der Waals surface area contributed by atoms with Crippen LogP contribution in [-0.2, 0) is 11.2 Å². The molecule has 17 heavy (non-hydrogen) atoms. The molecule has 1 heterocycles. The fraction of sp³-hybridized carbons (Fsp3) is 0.214. The summed E-state index contributed by atoms with van der Waals surface area (Å²) in [5.41, 5.74) is 3.03. The predicted molar refractivity (Wildman–Crippen MR) is 65.1 cm³/mol. The molecular formula is C14H14O3. The number of hydrogen-bond acceptors (Lipinski definition) is 3. The molecule has 0 N–H and O–H groups in total. The van der Waals surface area contributed by atoms with Gasteiger partial charge in [-0.25, -0.2) is 0 Å². The van der Waals surface area contributed by atoms with Crippen LogP contribution in [-0.4, -0.2) is 20.0 Å². The number of carbonyl (C=O) groups excluding carboxylic acids is 1. The second-order valence-corrected chi connectivity index (χ2v) is 3.76. The van der Waals surface area contributed by atoms with Gasteiger partial charge in [-0.2, -0.15) is 0 Å². The lowest BCUT2D eigenvalue weighted by atomic mass is 10.0. The standard InChI is InChI=1S/C14H14O3/c1-16-8-6-11-2-4-12(5-3-11)13-7-9-17-14(13)10-15/h2-5,7,9-10H,6,8H2,1H3. The highest BCUT2D eigenvalue weighted by molar-refractivity contribution is 5.84. The van der Waals surface area contributed by atoms with Crippen molar-refractivity contribution in [2.24, 2.45) is 0 Å². The predicted octanol–water partition coefficient (Wildman–Crippen LogP) is 2.95. The Morgan fingerprint density at radius 2 is 2.00 bits per heavy atom. The Bertz CT molecular complexity index is 482. The lowest BCUT2D eigenvalue weighted by molar-refractivity contribution is 0.110. The van der Waals surface area contributed by atoms with Crippen molar-refractivity contribution < 1.29 is 13.9 Å². The van der Waals surface area contributed by atoms with E-state index in [1.54, 1.807) is 13.2 Å². The molecule has 3 heteroatoms. The summed E-state index contributed by atoms with van der Waals surface area (Å²) in [6, 6.07) is 9.85. The first-order valence-corrected chi connectivity index (χ1v) is 5.46. The van der Waals surface area contributed by atoms with Crippen LogP contribution in [0.4, 0.5) is 0 Å². The Labute approximate surface area is 100 Å². The molecule has 0 amide bonds. The van der Waals surface area contributed by atoms with Crippen molar-refractivity contribution in [3.05, 3.63) is 47.9 Å². The second-order valence-electron chi connectivity index (χ2n) is 3.76. The van der Waals surface area contributed by atoms with Crippen molar-refractivity contribution in [3.63, 3.8) is 0 Å². The number of methoxy groups -OCH3 is 1. The summed E-state index contributed by atoms with van der Waals surface area (Å²) >= 11 is 0. The summed E-state index contributed by atoms with van der Waals surface area (Å²) in [6.07, 6.45) is 3.15. The van der Waals surface area contributed by atoms with Crippen LogP contribution in [0.2, 0.25) is 0 Å². The van der Waals surface area contributed by atoms with Crippen LogP contribution in [0.5, 0.6) is 0 Å². The summed E-state index contributed by atoms with van der Waals surface area (Å²) in [7, 11) is 1.69. The third-order valence-corrected chi connectivity index (χ3v) is 2.66. The molecule has 3 nitrogen and oxygen atoms in total. The van der Waals surface area contributed by atoms with Gasteiger partial charge < -0.3 is 9.15 Å². The van der Waals surface area contributed by atoms with Gasteiger partial charge in [-0.05, 0) is 23.6 Å². The number of aldehydes is 1. The monoisotopic (exact) mass is 230 g/mol. The second kappa shape index (κ2) is 5.46. The molecule has 1 aromatic carbocycles. The van der Waals surface area contributed by atoms with Crippen LogP contribution in [0, 0.1) is 0 Å². The minimum atomic E-state index is 0.370. The summed E-state index contributed by atoms with van der Waals surface area (Å²) in [6.45, 7) is 0.713. The Morgan fingerprint density at radius 3 is 2.65 bits per heavy atom. The van der Waals surface area contributed by atoms with E-state index in [2.05, 4.69) is 0 Å². The lowest BCUT2D eigenvalue weighted by Gasteiger charge is -2.02. The van der Waals surface area contributed by atoms with Crippen LogP contribution < -0.4 is 0 Å². The summed E-state index contributed by atoms with van der Waals surface area (Å²) in [5.74, 6) is 0.370. The average molecular weight is 230 g/mol. The van der Waals surface area contributed by atoms with Crippen molar-refractivity contribution in [1.82, 2.24) is 0 Å². The van der Waals surface area contributed by atoms with E-state index in [-0.39, 0.29) is 0 Å². The van der Waals surface area contributed by atoms with E-state index in [9.17, 15) is 4.79 Å². The van der Waals surface area contributed by atoms with E-state index in [4.69, 9.17) is 9.15 Å². The van der Waals surface area contributed by atoms with Crippen LogP contribution >= 0.6 is 0 Å². The molecular weight excluding hydrogens is 216 g/mol. The molecule has 2 aromatic rings. The van der Waals surface area contributed by atoms with Gasteiger partial charge in [0.1, 0.15) is 0 Å². The highest BCUT2D eigenvalue weighted by Gasteiger charge is 2.07. The van der Waals surface area contributed by atoms with Crippen molar-refractivity contribution >= 4 is 6.29 Å². The lowest BCUT2D eigenvalue weighted by Crippen LogP contribution is -1.93. The first-order chi connectivity index (χ1) is 8.35. The summed E-state index contributed by atoms with van der Waals surface area (Å²) in [5, 5.41) is 0. The first kappa shape index (κ1) is 11.6. The fourth-order valence-corrected chi connectivity index (χ4v) is 1.72. The molecule has 0 aliphatic carbocycles. The maximum atomic E-state index is 10.8. The molecule has 0 atom stereocenters. The molecule has 0 spiro atoms. The van der Waals surface area contributed by atoms with Crippen LogP contribution in [0.3, 0.4) is 0 Å². The number of benzene rings is 1. The topological polar surface area (TPSA) is 39.4 Å². The molecule has 1 aromatic heterocycles. The normalized spacial score (nSPS) is 10.4. The summed E-state index contributed by atoms with van der Waals surface area (Å²) in [4.78, 5) is 10.8. The smallest absolute Gasteiger partial charge is 0.185 e. The van der Waals surface area contributed by atoms with Gasteiger partial charge in [0.25, 0.3) is 0 Å². The van der Waals surface area contributed by atoms with E-state index < -0.39 is 0 Å². The van der Waals surface area contributed by atoms with Gasteiger partial charge in [0.05, 0.1) is 12.9 Å². The largest absolute Gasteiger partial charge is 0.461 e. The molecule has 0 unspecified atom stereocenters. The number of furan rings is 1. The molecule has 0 radical (unpaired) electrons. The third-order valence-electron chi connectivity index (χ3n) is 2.66. The van der Waals surface area contributed by atoms with E-state index in [0.717, 1.165) is 23.8 Å².